The molecule has 2 aromatic carbocycles. The maximum atomic E-state index is 13.0. The molecule has 23 heavy (non-hydrogen) atoms. The van der Waals surface area contributed by atoms with Gasteiger partial charge in [0.15, 0.2) is 5.78 Å². The SMILES string of the molecule is CN1C(=O)Oc2ccccc2C1C1CCc2ccccc2C1=O. The van der Waals surface area contributed by atoms with Crippen LogP contribution in [0.2, 0.25) is 0 Å². The first kappa shape index (κ1) is 14.0. The summed E-state index contributed by atoms with van der Waals surface area (Å²) in [5.41, 5.74) is 2.80. The van der Waals surface area contributed by atoms with Crippen LogP contribution in [0.5, 0.6) is 5.75 Å². The lowest BCUT2D eigenvalue weighted by atomic mass is 9.76. The standard InChI is InChI=1S/C19H17NO3/c1-20-17(14-8-4-5-9-16(14)23-19(20)22)15-11-10-12-6-2-3-7-13(12)18(15)21/h2-9,15,17H,10-11H2,1H3. The molecule has 0 spiro atoms. The average molecular weight is 307 g/mol. The van der Waals surface area contributed by atoms with Crippen molar-refractivity contribution in [2.45, 2.75) is 18.9 Å². The lowest BCUT2D eigenvalue weighted by Gasteiger charge is -2.39. The second-order valence-corrected chi connectivity index (χ2v) is 6.13. The second kappa shape index (κ2) is 5.23. The van der Waals surface area contributed by atoms with E-state index in [9.17, 15) is 9.59 Å². The molecule has 4 heteroatoms. The van der Waals surface area contributed by atoms with Gasteiger partial charge in [0.2, 0.25) is 0 Å². The Bertz CT molecular complexity index is 799. The fraction of sp³-hybridized carbons (Fsp3) is 0.263. The first-order valence-corrected chi connectivity index (χ1v) is 7.82. The number of amides is 1. The first-order chi connectivity index (χ1) is 11.2. The Balaban J connectivity index is 1.79. The molecule has 116 valence electrons. The Morgan fingerprint density at radius 1 is 1.04 bits per heavy atom. The van der Waals surface area contributed by atoms with Gasteiger partial charge in [-0.3, -0.25) is 4.79 Å². The summed E-state index contributed by atoms with van der Waals surface area (Å²) in [5.74, 6) is 0.448. The molecule has 0 N–H and O–H groups in total. The van der Waals surface area contributed by atoms with Gasteiger partial charge in [0, 0.05) is 24.1 Å². The van der Waals surface area contributed by atoms with E-state index in [0.717, 1.165) is 29.5 Å². The largest absolute Gasteiger partial charge is 0.415 e. The smallest absolute Gasteiger partial charge is 0.410 e. The van der Waals surface area contributed by atoms with E-state index in [1.54, 1.807) is 18.0 Å². The molecule has 2 atom stereocenters. The van der Waals surface area contributed by atoms with Crippen LogP contribution in [0, 0.1) is 5.92 Å². The highest BCUT2D eigenvalue weighted by Gasteiger charge is 2.42. The van der Waals surface area contributed by atoms with E-state index in [2.05, 4.69) is 0 Å². The van der Waals surface area contributed by atoms with Crippen molar-refractivity contribution < 1.29 is 14.3 Å². The molecule has 1 amide bonds. The molecule has 0 fully saturated rings. The number of hydrogen-bond acceptors (Lipinski definition) is 3. The summed E-state index contributed by atoms with van der Waals surface area (Å²) < 4.78 is 5.35. The number of rotatable bonds is 1. The minimum atomic E-state index is -0.402. The third-order valence-electron chi connectivity index (χ3n) is 4.87. The minimum absolute atomic E-state index is 0.119. The number of para-hydroxylation sites is 1. The molecule has 0 bridgehead atoms. The molecule has 4 nitrogen and oxygen atoms in total. The second-order valence-electron chi connectivity index (χ2n) is 6.13. The van der Waals surface area contributed by atoms with E-state index in [4.69, 9.17) is 4.74 Å². The Morgan fingerprint density at radius 2 is 1.78 bits per heavy atom. The summed E-state index contributed by atoms with van der Waals surface area (Å²) in [6.45, 7) is 0. The van der Waals surface area contributed by atoms with Gasteiger partial charge in [0.25, 0.3) is 0 Å². The number of ether oxygens (including phenoxy) is 1. The third kappa shape index (κ3) is 2.13. The summed E-state index contributed by atoms with van der Waals surface area (Å²) in [6.07, 6.45) is 1.20. The topological polar surface area (TPSA) is 46.6 Å². The van der Waals surface area contributed by atoms with E-state index in [1.807, 2.05) is 42.5 Å². The predicted molar refractivity (Wildman–Crippen MR) is 85.6 cm³/mol. The van der Waals surface area contributed by atoms with Gasteiger partial charge in [-0.2, -0.15) is 0 Å². The van der Waals surface area contributed by atoms with E-state index in [-0.39, 0.29) is 17.7 Å². The average Bonchev–Trinajstić information content (AvgIpc) is 2.58. The molecule has 4 rings (SSSR count). The van der Waals surface area contributed by atoms with Crippen molar-refractivity contribution in [3.05, 3.63) is 65.2 Å². The van der Waals surface area contributed by atoms with E-state index < -0.39 is 6.09 Å². The van der Waals surface area contributed by atoms with Gasteiger partial charge in [-0.15, -0.1) is 0 Å². The fourth-order valence-electron chi connectivity index (χ4n) is 3.71. The Hall–Kier alpha value is -2.62. The molecular weight excluding hydrogens is 290 g/mol. The quantitative estimate of drug-likeness (QED) is 0.808. The van der Waals surface area contributed by atoms with Gasteiger partial charge in [-0.05, 0) is 24.5 Å². The number of aryl methyl sites for hydroxylation is 1. The molecule has 1 aliphatic carbocycles. The van der Waals surface area contributed by atoms with Crippen LogP contribution in [0.1, 0.15) is 33.9 Å². The lowest BCUT2D eigenvalue weighted by molar-refractivity contribution is 0.0734. The van der Waals surface area contributed by atoms with Gasteiger partial charge in [-0.1, -0.05) is 42.5 Å². The predicted octanol–water partition coefficient (Wildman–Crippen LogP) is 3.62. The van der Waals surface area contributed by atoms with E-state index in [0.29, 0.717) is 5.75 Å². The van der Waals surface area contributed by atoms with Crippen LogP contribution < -0.4 is 4.74 Å². The van der Waals surface area contributed by atoms with Crippen molar-refractivity contribution >= 4 is 11.9 Å². The summed E-state index contributed by atoms with van der Waals surface area (Å²) >= 11 is 0. The van der Waals surface area contributed by atoms with Crippen molar-refractivity contribution in [2.75, 3.05) is 7.05 Å². The number of Topliss-reactive ketones (excluding diaryl/α,β-unsaturated/α-hetero) is 1. The van der Waals surface area contributed by atoms with Gasteiger partial charge < -0.3 is 9.64 Å². The van der Waals surface area contributed by atoms with Gasteiger partial charge in [-0.25, -0.2) is 4.79 Å². The molecule has 1 heterocycles. The fourth-order valence-corrected chi connectivity index (χ4v) is 3.71. The monoisotopic (exact) mass is 307 g/mol. The van der Waals surface area contributed by atoms with Gasteiger partial charge in [0.1, 0.15) is 5.75 Å². The molecule has 0 aromatic heterocycles. The number of carbonyl (C=O) groups is 2. The number of fused-ring (bicyclic) bond motifs is 2. The summed E-state index contributed by atoms with van der Waals surface area (Å²) in [4.78, 5) is 26.7. The van der Waals surface area contributed by atoms with Crippen LogP contribution in [0.25, 0.3) is 0 Å². The zero-order valence-corrected chi connectivity index (χ0v) is 12.9. The molecule has 2 aliphatic rings. The number of benzene rings is 2. The maximum absolute atomic E-state index is 13.0. The van der Waals surface area contributed by atoms with Crippen LogP contribution in [0.3, 0.4) is 0 Å². The number of ketones is 1. The Kier molecular flexibility index (Phi) is 3.18. The van der Waals surface area contributed by atoms with Crippen LogP contribution in [0.4, 0.5) is 4.79 Å². The van der Waals surface area contributed by atoms with Crippen LogP contribution in [-0.2, 0) is 6.42 Å². The lowest BCUT2D eigenvalue weighted by Crippen LogP contribution is -2.44. The van der Waals surface area contributed by atoms with Crippen LogP contribution in [-0.4, -0.2) is 23.8 Å². The highest BCUT2D eigenvalue weighted by molar-refractivity contribution is 6.01. The molecular formula is C19H17NO3. The van der Waals surface area contributed by atoms with Crippen LogP contribution >= 0.6 is 0 Å². The molecule has 2 aromatic rings. The van der Waals surface area contributed by atoms with Crippen molar-refractivity contribution in [3.63, 3.8) is 0 Å². The Morgan fingerprint density at radius 3 is 2.65 bits per heavy atom. The van der Waals surface area contributed by atoms with Crippen molar-refractivity contribution in [1.82, 2.24) is 4.90 Å². The summed E-state index contributed by atoms with van der Waals surface area (Å²) in [7, 11) is 1.71. The van der Waals surface area contributed by atoms with Crippen molar-refractivity contribution in [3.8, 4) is 5.75 Å². The number of nitrogens with zero attached hydrogens (tertiary/aromatic N) is 1. The highest BCUT2D eigenvalue weighted by Crippen LogP contribution is 2.43. The first-order valence-electron chi connectivity index (χ1n) is 7.82. The van der Waals surface area contributed by atoms with Gasteiger partial charge in [0.05, 0.1) is 6.04 Å². The molecule has 2 unspecified atom stereocenters. The van der Waals surface area contributed by atoms with Crippen LogP contribution in [0.15, 0.2) is 48.5 Å². The molecule has 0 saturated heterocycles. The van der Waals surface area contributed by atoms with Crippen molar-refractivity contribution in [2.24, 2.45) is 5.92 Å². The number of hydrogen-bond donors (Lipinski definition) is 0. The molecule has 1 aliphatic heterocycles. The third-order valence-corrected chi connectivity index (χ3v) is 4.87. The van der Waals surface area contributed by atoms with Crippen molar-refractivity contribution in [1.29, 1.82) is 0 Å². The summed E-state index contributed by atoms with van der Waals surface area (Å²) in [6, 6.07) is 15.0. The Labute approximate surface area is 134 Å². The zero-order chi connectivity index (χ0) is 16.0. The van der Waals surface area contributed by atoms with Gasteiger partial charge >= 0.3 is 6.09 Å². The zero-order valence-electron chi connectivity index (χ0n) is 12.9. The molecule has 0 saturated carbocycles. The number of carbonyl (C=O) groups excluding carboxylic acids is 2. The molecule has 0 radical (unpaired) electrons. The highest BCUT2D eigenvalue weighted by atomic mass is 16.6. The normalized spacial score (nSPS) is 23.1. The maximum Gasteiger partial charge on any atom is 0.415 e. The minimum Gasteiger partial charge on any atom is -0.410 e. The van der Waals surface area contributed by atoms with E-state index in [1.165, 1.54) is 0 Å². The van der Waals surface area contributed by atoms with E-state index >= 15 is 0 Å². The summed E-state index contributed by atoms with van der Waals surface area (Å²) in [5, 5.41) is 0.